The van der Waals surface area contributed by atoms with Gasteiger partial charge in [-0.1, -0.05) is 6.92 Å². The zero-order chi connectivity index (χ0) is 14.0. The number of rotatable bonds is 10. The van der Waals surface area contributed by atoms with E-state index in [0.717, 1.165) is 32.7 Å². The van der Waals surface area contributed by atoms with E-state index in [4.69, 9.17) is 4.74 Å². The lowest BCUT2D eigenvalue weighted by Crippen LogP contribution is -2.47. The summed E-state index contributed by atoms with van der Waals surface area (Å²) in [6, 6.07) is 0. The topological polar surface area (TPSA) is 53.6 Å². The molecule has 108 valence electrons. The van der Waals surface area contributed by atoms with Crippen LogP contribution >= 0.6 is 0 Å². The van der Waals surface area contributed by atoms with E-state index in [1.807, 2.05) is 20.9 Å². The van der Waals surface area contributed by atoms with E-state index in [1.165, 1.54) is 0 Å². The largest absolute Gasteiger partial charge is 0.383 e. The molecule has 0 heterocycles. The van der Waals surface area contributed by atoms with E-state index in [9.17, 15) is 4.79 Å². The number of hydrogen-bond acceptors (Lipinski definition) is 4. The van der Waals surface area contributed by atoms with Crippen LogP contribution in [0, 0.1) is 0 Å². The molecule has 2 N–H and O–H groups in total. The van der Waals surface area contributed by atoms with Gasteiger partial charge in [0.05, 0.1) is 13.2 Å². The van der Waals surface area contributed by atoms with Crippen molar-refractivity contribution in [2.24, 2.45) is 0 Å². The second-order valence-corrected chi connectivity index (χ2v) is 5.26. The van der Waals surface area contributed by atoms with Crippen LogP contribution in [0.5, 0.6) is 0 Å². The molecule has 0 aliphatic carbocycles. The number of methoxy groups -OCH3 is 1. The van der Waals surface area contributed by atoms with Crippen molar-refractivity contribution in [3.63, 3.8) is 0 Å². The van der Waals surface area contributed by atoms with Crippen molar-refractivity contribution in [1.29, 1.82) is 0 Å². The van der Waals surface area contributed by atoms with Crippen molar-refractivity contribution in [2.75, 3.05) is 46.9 Å². The van der Waals surface area contributed by atoms with E-state index in [0.29, 0.717) is 6.54 Å². The molecule has 1 amide bonds. The molecule has 0 rings (SSSR count). The third kappa shape index (κ3) is 9.39. The maximum atomic E-state index is 11.6. The molecule has 0 aromatic rings. The lowest BCUT2D eigenvalue weighted by molar-refractivity contribution is -0.121. The number of likely N-dealkylation sites (N-methyl/N-ethyl adjacent to an activating group) is 1. The Labute approximate surface area is 111 Å². The zero-order valence-electron chi connectivity index (χ0n) is 12.5. The zero-order valence-corrected chi connectivity index (χ0v) is 12.5. The van der Waals surface area contributed by atoms with Gasteiger partial charge < -0.3 is 20.3 Å². The molecule has 0 aliphatic rings. The summed E-state index contributed by atoms with van der Waals surface area (Å²) < 4.78 is 5.00. The lowest BCUT2D eigenvalue weighted by atomic mass is 10.0. The van der Waals surface area contributed by atoms with Crippen molar-refractivity contribution in [1.82, 2.24) is 15.5 Å². The first-order valence-electron chi connectivity index (χ1n) is 6.60. The van der Waals surface area contributed by atoms with Gasteiger partial charge in [0.15, 0.2) is 0 Å². The molecule has 0 spiro atoms. The van der Waals surface area contributed by atoms with Crippen LogP contribution in [0.2, 0.25) is 0 Å². The Morgan fingerprint density at radius 2 is 2.00 bits per heavy atom. The van der Waals surface area contributed by atoms with Crippen LogP contribution in [-0.4, -0.2) is 63.3 Å². The molecule has 18 heavy (non-hydrogen) atoms. The summed E-state index contributed by atoms with van der Waals surface area (Å²) in [5, 5.41) is 6.14. The molecule has 0 unspecified atom stereocenters. The fraction of sp³-hybridized carbons (Fsp3) is 0.923. The molecular formula is C13H29N3O2. The highest BCUT2D eigenvalue weighted by Crippen LogP contribution is 2.05. The predicted molar refractivity (Wildman–Crippen MR) is 74.8 cm³/mol. The smallest absolute Gasteiger partial charge is 0.234 e. The predicted octanol–water partition coefficient (Wildman–Crippen LogP) is 0.459. The minimum Gasteiger partial charge on any atom is -0.383 e. The van der Waals surface area contributed by atoms with Crippen molar-refractivity contribution < 1.29 is 9.53 Å². The summed E-state index contributed by atoms with van der Waals surface area (Å²) in [6.45, 7) is 9.87. The van der Waals surface area contributed by atoms with Crippen LogP contribution in [-0.2, 0) is 9.53 Å². The van der Waals surface area contributed by atoms with Gasteiger partial charge in [0.2, 0.25) is 5.91 Å². The van der Waals surface area contributed by atoms with Gasteiger partial charge >= 0.3 is 0 Å². The maximum absolute atomic E-state index is 11.6. The third-order valence-electron chi connectivity index (χ3n) is 2.99. The van der Waals surface area contributed by atoms with Crippen molar-refractivity contribution in [3.8, 4) is 0 Å². The number of carbonyl (C=O) groups is 1. The Morgan fingerprint density at radius 3 is 2.56 bits per heavy atom. The molecule has 0 aromatic carbocycles. The van der Waals surface area contributed by atoms with Gasteiger partial charge in [0, 0.05) is 32.3 Å². The van der Waals surface area contributed by atoms with Crippen LogP contribution in [0.25, 0.3) is 0 Å². The van der Waals surface area contributed by atoms with Gasteiger partial charge in [-0.2, -0.15) is 0 Å². The average molecular weight is 259 g/mol. The highest BCUT2D eigenvalue weighted by Gasteiger charge is 2.16. The quantitative estimate of drug-likeness (QED) is 0.560. The Balaban J connectivity index is 3.57. The Bertz CT molecular complexity index is 232. The minimum atomic E-state index is -0.117. The Morgan fingerprint density at radius 1 is 1.33 bits per heavy atom. The number of hydrogen-bond donors (Lipinski definition) is 2. The van der Waals surface area contributed by atoms with Gasteiger partial charge in [0.25, 0.3) is 0 Å². The number of carbonyl (C=O) groups excluding carboxylic acids is 1. The van der Waals surface area contributed by atoms with E-state index in [2.05, 4.69) is 22.5 Å². The molecule has 0 bridgehead atoms. The number of nitrogens with zero attached hydrogens (tertiary/aromatic N) is 1. The lowest BCUT2D eigenvalue weighted by Gasteiger charge is -2.24. The van der Waals surface area contributed by atoms with Crippen LogP contribution in [0.3, 0.4) is 0 Å². The van der Waals surface area contributed by atoms with Crippen LogP contribution < -0.4 is 10.6 Å². The number of nitrogens with one attached hydrogen (secondary N) is 2. The summed E-state index contributed by atoms with van der Waals surface area (Å²) in [5.74, 6) is 0.0568. The molecule has 0 saturated carbocycles. The molecule has 0 aliphatic heterocycles. The monoisotopic (exact) mass is 259 g/mol. The average Bonchev–Trinajstić information content (AvgIpc) is 2.31. The molecule has 0 fully saturated rings. The second-order valence-electron chi connectivity index (χ2n) is 5.26. The number of ether oxygens (including phenoxy) is 1. The van der Waals surface area contributed by atoms with Gasteiger partial charge in [-0.25, -0.2) is 0 Å². The second kappa shape index (κ2) is 9.30. The van der Waals surface area contributed by atoms with Gasteiger partial charge in [0.1, 0.15) is 0 Å². The van der Waals surface area contributed by atoms with Gasteiger partial charge in [-0.15, -0.1) is 0 Å². The van der Waals surface area contributed by atoms with Crippen LogP contribution in [0.15, 0.2) is 0 Å². The molecule has 0 aromatic heterocycles. The number of amides is 1. The Kier molecular flexibility index (Phi) is 8.97. The van der Waals surface area contributed by atoms with E-state index in [-0.39, 0.29) is 11.4 Å². The standard InChI is InChI=1S/C13H29N3O2/c1-6-13(2,3)15-12(17)11-14-7-8-16(4)9-10-18-5/h14H,6-11H2,1-5H3,(H,15,17). The summed E-state index contributed by atoms with van der Waals surface area (Å²) in [4.78, 5) is 13.8. The van der Waals surface area contributed by atoms with E-state index < -0.39 is 0 Å². The fourth-order valence-corrected chi connectivity index (χ4v) is 1.34. The summed E-state index contributed by atoms with van der Waals surface area (Å²) in [6.07, 6.45) is 0.929. The molecule has 5 nitrogen and oxygen atoms in total. The molecule has 5 heteroatoms. The van der Waals surface area contributed by atoms with Crippen molar-refractivity contribution >= 4 is 5.91 Å². The summed E-state index contributed by atoms with van der Waals surface area (Å²) >= 11 is 0. The molecule has 0 radical (unpaired) electrons. The van der Waals surface area contributed by atoms with Gasteiger partial charge in [-0.05, 0) is 27.3 Å². The van der Waals surface area contributed by atoms with E-state index in [1.54, 1.807) is 7.11 Å². The third-order valence-corrected chi connectivity index (χ3v) is 2.99. The van der Waals surface area contributed by atoms with Crippen LogP contribution in [0.1, 0.15) is 27.2 Å². The first-order chi connectivity index (χ1) is 8.41. The van der Waals surface area contributed by atoms with Gasteiger partial charge in [-0.3, -0.25) is 4.79 Å². The molecular weight excluding hydrogens is 230 g/mol. The SMILES string of the molecule is CCC(C)(C)NC(=O)CNCCN(C)CCOC. The van der Waals surface area contributed by atoms with Crippen molar-refractivity contribution in [3.05, 3.63) is 0 Å². The maximum Gasteiger partial charge on any atom is 0.234 e. The Hall–Kier alpha value is -0.650. The highest BCUT2D eigenvalue weighted by molar-refractivity contribution is 5.78. The fourth-order valence-electron chi connectivity index (χ4n) is 1.34. The van der Waals surface area contributed by atoms with E-state index >= 15 is 0 Å². The normalized spacial score (nSPS) is 11.9. The first-order valence-corrected chi connectivity index (χ1v) is 6.60. The first kappa shape index (κ1) is 17.4. The van der Waals surface area contributed by atoms with Crippen molar-refractivity contribution in [2.45, 2.75) is 32.7 Å². The molecule has 0 saturated heterocycles. The summed E-state index contributed by atoms with van der Waals surface area (Å²) in [7, 11) is 3.74. The highest BCUT2D eigenvalue weighted by atomic mass is 16.5. The summed E-state index contributed by atoms with van der Waals surface area (Å²) in [5.41, 5.74) is -0.117. The minimum absolute atomic E-state index is 0.0568. The van der Waals surface area contributed by atoms with Crippen LogP contribution in [0.4, 0.5) is 0 Å². The molecule has 0 atom stereocenters.